The molecule has 3 fully saturated rings. The number of thioether (sulfide) groups is 1. The minimum absolute atomic E-state index is 0.0559. The van der Waals surface area contributed by atoms with Crippen molar-refractivity contribution in [3.05, 3.63) is 78.9 Å². The Morgan fingerprint density at radius 1 is 1.02 bits per heavy atom. The Balaban J connectivity index is 1.53. The van der Waals surface area contributed by atoms with Crippen molar-refractivity contribution in [1.82, 2.24) is 4.90 Å². The third-order valence-corrected chi connectivity index (χ3v) is 12.8. The molecule has 0 saturated carbocycles. The Hall–Kier alpha value is -2.79. The molecule has 3 saturated heterocycles. The number of halogens is 2. The summed E-state index contributed by atoms with van der Waals surface area (Å²) >= 11 is 11.7. The highest BCUT2D eigenvalue weighted by Crippen LogP contribution is 2.68. The predicted octanol–water partition coefficient (Wildman–Crippen LogP) is 6.49. The van der Waals surface area contributed by atoms with Crippen molar-refractivity contribution >= 4 is 68.4 Å². The van der Waals surface area contributed by atoms with E-state index >= 15 is 0 Å². The largest absolute Gasteiger partial charge is 0.494 e. The normalized spacial score (nSPS) is 25.8. The van der Waals surface area contributed by atoms with Gasteiger partial charge in [-0.15, -0.1) is 24.9 Å². The Kier molecular flexibility index (Phi) is 11.8. The molecule has 47 heavy (non-hydrogen) atoms. The highest BCUT2D eigenvalue weighted by molar-refractivity contribution is 9.09. The van der Waals surface area contributed by atoms with Gasteiger partial charge in [0.05, 0.1) is 23.2 Å². The fourth-order valence-electron chi connectivity index (χ4n) is 7.42. The second kappa shape index (κ2) is 15.6. The maximum atomic E-state index is 14.8. The minimum Gasteiger partial charge on any atom is -0.494 e. The molecule has 8 nitrogen and oxygen atoms in total. The van der Waals surface area contributed by atoms with Crippen molar-refractivity contribution in [3.8, 4) is 5.75 Å². The number of amides is 3. The lowest BCUT2D eigenvalue weighted by atomic mass is 9.70. The number of likely N-dealkylation sites (tertiary alicyclic amines) is 1. The predicted molar refractivity (Wildman–Crippen MR) is 194 cm³/mol. The van der Waals surface area contributed by atoms with Gasteiger partial charge in [-0.2, -0.15) is 0 Å². The van der Waals surface area contributed by atoms with Gasteiger partial charge in [0.25, 0.3) is 5.91 Å². The number of carbonyl (C=O) groups excluding carboxylic acids is 3. The van der Waals surface area contributed by atoms with Gasteiger partial charge in [0.1, 0.15) is 11.8 Å². The number of unbranched alkanes of at least 4 members (excludes halogenated alkanes) is 3. The number of hydrogen-bond acceptors (Lipinski definition) is 6. The standard InChI is InChI=1S/C36H43BrClN3O5S/c1-4-19-39(26-15-17-27(18-16-26)46-6-3)33(43)29-30-34(44)41(21-9-7-8-10-22-42)32(36(30)23-28(37)31(29)47-36)35(45)40(20-5-2)25-13-11-24(38)12-14-25/h4-5,11-18,28-32,42H,1-2,6-10,19-23H2,3H3/t28?,29-,30+,31-,32?,36?/m1/s1. The summed E-state index contributed by atoms with van der Waals surface area (Å²) in [5, 5.41) is 9.65. The number of fused-ring (bicyclic) bond motifs is 1. The van der Waals surface area contributed by atoms with Crippen molar-refractivity contribution in [3.63, 3.8) is 0 Å². The van der Waals surface area contributed by atoms with Gasteiger partial charge < -0.3 is 24.5 Å². The van der Waals surface area contributed by atoms with Crippen LogP contribution < -0.4 is 14.5 Å². The lowest BCUT2D eigenvalue weighted by Gasteiger charge is -2.38. The third kappa shape index (κ3) is 6.89. The SMILES string of the molecule is C=CCN(C(=O)C1N(CCCCCCO)C(=O)[C@@H]2[C@@H](C(=O)N(CC=C)c3ccc(OCC)cc3)[C@@H]3SC12CC3Br)c1ccc(Cl)cc1. The Morgan fingerprint density at radius 3 is 2.21 bits per heavy atom. The molecular weight excluding hydrogens is 702 g/mol. The van der Waals surface area contributed by atoms with Gasteiger partial charge in [0.2, 0.25) is 11.8 Å². The number of anilines is 2. The summed E-state index contributed by atoms with van der Waals surface area (Å²) < 4.78 is 4.83. The van der Waals surface area contributed by atoms with E-state index in [1.807, 2.05) is 31.2 Å². The number of alkyl halides is 1. The van der Waals surface area contributed by atoms with E-state index in [4.69, 9.17) is 16.3 Å². The number of rotatable bonds is 16. The van der Waals surface area contributed by atoms with E-state index in [1.165, 1.54) is 0 Å². The topological polar surface area (TPSA) is 90.4 Å². The maximum Gasteiger partial charge on any atom is 0.251 e. The average Bonchev–Trinajstić information content (AvgIpc) is 3.66. The van der Waals surface area contributed by atoms with Gasteiger partial charge in [-0.1, -0.05) is 52.5 Å². The fraction of sp³-hybridized carbons (Fsp3) is 0.472. The molecule has 11 heteroatoms. The molecule has 0 radical (unpaired) electrons. The van der Waals surface area contributed by atoms with Crippen LogP contribution in [-0.2, 0) is 14.4 Å². The summed E-state index contributed by atoms with van der Waals surface area (Å²) in [4.78, 5) is 49.2. The first-order valence-electron chi connectivity index (χ1n) is 16.3. The molecular formula is C36H43BrClN3O5S. The van der Waals surface area contributed by atoms with Crippen LogP contribution in [0.5, 0.6) is 5.75 Å². The van der Waals surface area contributed by atoms with Crippen molar-refractivity contribution in [1.29, 1.82) is 0 Å². The first kappa shape index (κ1) is 35.5. The monoisotopic (exact) mass is 743 g/mol. The molecule has 3 unspecified atom stereocenters. The fourth-order valence-corrected chi connectivity index (χ4v) is 11.1. The lowest BCUT2D eigenvalue weighted by Crippen LogP contribution is -2.56. The van der Waals surface area contributed by atoms with E-state index in [-0.39, 0.29) is 47.5 Å². The molecule has 2 bridgehead atoms. The van der Waals surface area contributed by atoms with Gasteiger partial charge in [0.15, 0.2) is 0 Å². The smallest absolute Gasteiger partial charge is 0.251 e. The van der Waals surface area contributed by atoms with E-state index in [2.05, 4.69) is 29.1 Å². The van der Waals surface area contributed by atoms with Gasteiger partial charge in [-0.3, -0.25) is 14.4 Å². The summed E-state index contributed by atoms with van der Waals surface area (Å²) in [5.74, 6) is -1.05. The first-order chi connectivity index (χ1) is 22.7. The zero-order valence-electron chi connectivity index (χ0n) is 26.7. The second-order valence-electron chi connectivity index (χ2n) is 12.2. The van der Waals surface area contributed by atoms with Crippen LogP contribution in [0.4, 0.5) is 11.4 Å². The van der Waals surface area contributed by atoms with Crippen LogP contribution in [0.15, 0.2) is 73.8 Å². The third-order valence-electron chi connectivity index (χ3n) is 9.37. The van der Waals surface area contributed by atoms with Gasteiger partial charge in [-0.05, 0) is 74.7 Å². The molecule has 2 aromatic rings. The van der Waals surface area contributed by atoms with E-state index in [0.717, 1.165) is 12.8 Å². The Bertz CT molecular complexity index is 1460. The van der Waals surface area contributed by atoms with E-state index in [1.54, 1.807) is 62.9 Å². The molecule has 1 spiro atoms. The molecule has 6 atom stereocenters. The van der Waals surface area contributed by atoms with Crippen molar-refractivity contribution < 1.29 is 24.2 Å². The molecule has 5 rings (SSSR count). The van der Waals surface area contributed by atoms with Crippen LogP contribution >= 0.6 is 39.3 Å². The van der Waals surface area contributed by atoms with Gasteiger partial charge in [0, 0.05) is 52.7 Å². The average molecular weight is 745 g/mol. The summed E-state index contributed by atoms with van der Waals surface area (Å²) in [6.07, 6.45) is 7.00. The van der Waals surface area contributed by atoms with E-state index < -0.39 is 22.6 Å². The lowest BCUT2D eigenvalue weighted by molar-refractivity contribution is -0.139. The molecule has 252 valence electrons. The van der Waals surface area contributed by atoms with Crippen LogP contribution in [-0.4, -0.2) is 81.4 Å². The Labute approximate surface area is 295 Å². The molecule has 0 aromatic heterocycles. The number of aliphatic hydroxyl groups is 1. The number of aliphatic hydroxyl groups excluding tert-OH is 1. The zero-order valence-corrected chi connectivity index (χ0v) is 29.9. The summed E-state index contributed by atoms with van der Waals surface area (Å²) in [6, 6.07) is 13.7. The van der Waals surface area contributed by atoms with Crippen LogP contribution in [0.1, 0.15) is 39.0 Å². The van der Waals surface area contributed by atoms with E-state index in [0.29, 0.717) is 54.6 Å². The minimum atomic E-state index is -0.789. The van der Waals surface area contributed by atoms with Crippen LogP contribution in [0, 0.1) is 11.8 Å². The zero-order chi connectivity index (χ0) is 33.7. The van der Waals surface area contributed by atoms with Gasteiger partial charge >= 0.3 is 0 Å². The number of ether oxygens (including phenoxy) is 1. The maximum absolute atomic E-state index is 14.8. The van der Waals surface area contributed by atoms with E-state index in [9.17, 15) is 19.5 Å². The summed E-state index contributed by atoms with van der Waals surface area (Å²) in [6.45, 7) is 11.3. The van der Waals surface area contributed by atoms with Crippen molar-refractivity contribution in [2.45, 2.75) is 59.9 Å². The molecule has 2 aromatic carbocycles. The first-order valence-corrected chi connectivity index (χ1v) is 18.5. The Morgan fingerprint density at radius 2 is 1.62 bits per heavy atom. The van der Waals surface area contributed by atoms with Crippen molar-refractivity contribution in [2.75, 3.05) is 42.6 Å². The highest BCUT2D eigenvalue weighted by Gasteiger charge is 2.76. The highest BCUT2D eigenvalue weighted by atomic mass is 79.9. The molecule has 3 aliphatic heterocycles. The molecule has 1 N–H and O–H groups in total. The van der Waals surface area contributed by atoms with Crippen LogP contribution in [0.3, 0.4) is 0 Å². The number of carbonyl (C=O) groups is 3. The van der Waals surface area contributed by atoms with Gasteiger partial charge in [-0.25, -0.2) is 0 Å². The molecule has 0 aliphatic carbocycles. The summed E-state index contributed by atoms with van der Waals surface area (Å²) in [7, 11) is 0. The van der Waals surface area contributed by atoms with Crippen LogP contribution in [0.25, 0.3) is 0 Å². The van der Waals surface area contributed by atoms with Crippen LogP contribution in [0.2, 0.25) is 5.02 Å². The number of nitrogens with zero attached hydrogens (tertiary/aromatic N) is 3. The van der Waals surface area contributed by atoms with Crippen molar-refractivity contribution in [2.24, 2.45) is 11.8 Å². The summed E-state index contributed by atoms with van der Waals surface area (Å²) in [5.41, 5.74) is 1.37. The second-order valence-corrected chi connectivity index (χ2v) is 15.4. The molecule has 3 aliphatic rings. The number of hydrogen-bond donors (Lipinski definition) is 1. The molecule has 3 amide bonds. The quantitative estimate of drug-likeness (QED) is 0.120. The number of benzene rings is 2. The molecule has 3 heterocycles.